The maximum atomic E-state index is 13.5. The van der Waals surface area contributed by atoms with E-state index in [1.54, 1.807) is 6.92 Å². The zero-order valence-corrected chi connectivity index (χ0v) is 18.0. The van der Waals surface area contributed by atoms with E-state index in [4.69, 9.17) is 0 Å². The number of hydrogen-bond donors (Lipinski definition) is 2. The molecule has 2 unspecified atom stereocenters. The SMILES string of the molecule is CC1(C)CC(NC(=O)OCF)CC(C)(CNC(=O)OCC(F)(F)OCC(F)(F)OCF)C1. The first-order valence-corrected chi connectivity index (χ1v) is 9.60. The minimum absolute atomic E-state index is 0.0135. The molecule has 0 heterocycles. The molecule has 1 saturated carbocycles. The van der Waals surface area contributed by atoms with E-state index in [2.05, 4.69) is 29.6 Å². The maximum absolute atomic E-state index is 13.5. The van der Waals surface area contributed by atoms with Gasteiger partial charge in [0.1, 0.15) is 6.61 Å². The van der Waals surface area contributed by atoms with Crippen LogP contribution in [-0.4, -0.2) is 63.9 Å². The maximum Gasteiger partial charge on any atom is 0.409 e. The quantitative estimate of drug-likeness (QED) is 0.431. The van der Waals surface area contributed by atoms with Crippen molar-refractivity contribution in [1.82, 2.24) is 10.6 Å². The number of amides is 2. The Hall–Kier alpha value is -1.96. The van der Waals surface area contributed by atoms with E-state index < -0.39 is 56.8 Å². The Kier molecular flexibility index (Phi) is 9.87. The molecule has 0 bridgehead atoms. The third kappa shape index (κ3) is 10.6. The zero-order chi connectivity index (χ0) is 24.6. The van der Waals surface area contributed by atoms with Gasteiger partial charge in [0.05, 0.1) is 0 Å². The number of alkyl carbamates (subject to hydrolysis) is 2. The van der Waals surface area contributed by atoms with Crippen molar-refractivity contribution < 1.29 is 54.9 Å². The average molecular weight is 482 g/mol. The molecule has 0 aromatic heterocycles. The lowest BCUT2D eigenvalue weighted by molar-refractivity contribution is -0.335. The van der Waals surface area contributed by atoms with Gasteiger partial charge in [-0.15, -0.1) is 0 Å². The van der Waals surface area contributed by atoms with Crippen molar-refractivity contribution >= 4 is 12.2 Å². The van der Waals surface area contributed by atoms with Crippen molar-refractivity contribution in [3.63, 3.8) is 0 Å². The van der Waals surface area contributed by atoms with Crippen molar-refractivity contribution in [1.29, 1.82) is 0 Å². The molecule has 8 nitrogen and oxygen atoms in total. The van der Waals surface area contributed by atoms with Crippen molar-refractivity contribution in [2.24, 2.45) is 10.8 Å². The number of halogens is 6. The Bertz CT molecular complexity index is 639. The highest BCUT2D eigenvalue weighted by molar-refractivity contribution is 5.68. The molecular weight excluding hydrogens is 454 g/mol. The van der Waals surface area contributed by atoms with E-state index in [-0.39, 0.29) is 18.0 Å². The summed E-state index contributed by atoms with van der Waals surface area (Å²) in [5.74, 6) is 0. The van der Waals surface area contributed by atoms with Crippen LogP contribution in [0.5, 0.6) is 0 Å². The molecule has 1 fully saturated rings. The standard InChI is InChI=1S/C18H28F6N2O6/c1-15(2)4-12(26-14(28)30-10-19)5-16(3,6-15)7-25-13(27)29-8-17(21,22)31-9-18(23,24)32-11-20/h12H,4-11H2,1-3H3,(H,25,27)(H,26,28). The Balaban J connectivity index is 2.54. The van der Waals surface area contributed by atoms with Crippen LogP contribution in [0.4, 0.5) is 35.9 Å². The predicted octanol–water partition coefficient (Wildman–Crippen LogP) is 4.10. The van der Waals surface area contributed by atoms with E-state index in [9.17, 15) is 35.9 Å². The van der Waals surface area contributed by atoms with E-state index in [1.807, 2.05) is 13.8 Å². The van der Waals surface area contributed by atoms with Gasteiger partial charge in [-0.2, -0.15) is 17.6 Å². The van der Waals surface area contributed by atoms with Gasteiger partial charge >= 0.3 is 24.4 Å². The van der Waals surface area contributed by atoms with Crippen molar-refractivity contribution in [2.45, 2.75) is 58.3 Å². The number of hydrogen-bond acceptors (Lipinski definition) is 6. The molecule has 14 heteroatoms. The Morgan fingerprint density at radius 1 is 0.906 bits per heavy atom. The summed E-state index contributed by atoms with van der Waals surface area (Å²) in [5.41, 5.74) is -0.862. The van der Waals surface area contributed by atoms with E-state index >= 15 is 0 Å². The molecule has 0 radical (unpaired) electrons. The average Bonchev–Trinajstić information content (AvgIpc) is 2.62. The Morgan fingerprint density at radius 3 is 2.12 bits per heavy atom. The van der Waals surface area contributed by atoms with Crippen LogP contribution in [0, 0.1) is 10.8 Å². The largest absolute Gasteiger partial charge is 0.440 e. The molecule has 0 aromatic carbocycles. The summed E-state index contributed by atoms with van der Waals surface area (Å²) in [4.78, 5) is 23.3. The van der Waals surface area contributed by atoms with Gasteiger partial charge in [-0.1, -0.05) is 20.8 Å². The van der Waals surface area contributed by atoms with Gasteiger partial charge in [-0.25, -0.2) is 18.4 Å². The molecule has 188 valence electrons. The summed E-state index contributed by atoms with van der Waals surface area (Å²) < 4.78 is 92.0. The fraction of sp³-hybridized carbons (Fsp3) is 0.889. The predicted molar refractivity (Wildman–Crippen MR) is 97.4 cm³/mol. The molecule has 2 atom stereocenters. The molecule has 32 heavy (non-hydrogen) atoms. The van der Waals surface area contributed by atoms with Crippen LogP contribution in [0.1, 0.15) is 40.0 Å². The third-order valence-electron chi connectivity index (χ3n) is 4.70. The van der Waals surface area contributed by atoms with Crippen molar-refractivity contribution in [3.8, 4) is 0 Å². The molecule has 2 N–H and O–H groups in total. The number of rotatable bonds is 11. The highest BCUT2D eigenvalue weighted by atomic mass is 19.3. The van der Waals surface area contributed by atoms with Crippen LogP contribution in [0.2, 0.25) is 0 Å². The number of ether oxygens (including phenoxy) is 4. The second-order valence-electron chi connectivity index (χ2n) is 8.69. The van der Waals surface area contributed by atoms with Crippen LogP contribution >= 0.6 is 0 Å². The van der Waals surface area contributed by atoms with Gasteiger partial charge in [0.15, 0.2) is 13.5 Å². The van der Waals surface area contributed by atoms with Crippen LogP contribution < -0.4 is 10.6 Å². The molecule has 2 amide bonds. The Labute approximate surface area is 181 Å². The topological polar surface area (TPSA) is 95.1 Å². The number of carbonyl (C=O) groups excluding carboxylic acids is 2. The molecule has 0 spiro atoms. The molecule has 1 aliphatic carbocycles. The molecule has 0 saturated heterocycles. The summed E-state index contributed by atoms with van der Waals surface area (Å²) in [6.45, 7) is -1.14. The minimum atomic E-state index is -4.27. The molecule has 1 aliphatic rings. The van der Waals surface area contributed by atoms with Gasteiger partial charge < -0.3 is 24.8 Å². The smallest absolute Gasteiger partial charge is 0.409 e. The minimum Gasteiger partial charge on any atom is -0.440 e. The zero-order valence-electron chi connectivity index (χ0n) is 18.0. The number of carbonyl (C=O) groups is 2. The first-order valence-electron chi connectivity index (χ1n) is 9.60. The number of alkyl halides is 6. The lowest BCUT2D eigenvalue weighted by atomic mass is 9.62. The second-order valence-corrected chi connectivity index (χ2v) is 8.69. The normalized spacial score (nSPS) is 23.3. The van der Waals surface area contributed by atoms with Gasteiger partial charge in [0.25, 0.3) is 0 Å². The molecule has 1 rings (SSSR count). The van der Waals surface area contributed by atoms with Crippen LogP contribution in [0.3, 0.4) is 0 Å². The summed E-state index contributed by atoms with van der Waals surface area (Å²) in [5, 5.41) is 4.86. The van der Waals surface area contributed by atoms with Crippen molar-refractivity contribution in [2.75, 3.05) is 33.5 Å². The second kappa shape index (κ2) is 11.3. The lowest BCUT2D eigenvalue weighted by Crippen LogP contribution is -2.50. The van der Waals surface area contributed by atoms with Gasteiger partial charge in [0.2, 0.25) is 6.86 Å². The fourth-order valence-electron chi connectivity index (χ4n) is 3.97. The van der Waals surface area contributed by atoms with Crippen LogP contribution in [0.15, 0.2) is 0 Å². The third-order valence-corrected chi connectivity index (χ3v) is 4.70. The Morgan fingerprint density at radius 2 is 1.53 bits per heavy atom. The van der Waals surface area contributed by atoms with Crippen LogP contribution in [0.25, 0.3) is 0 Å². The first kappa shape index (κ1) is 28.1. The van der Waals surface area contributed by atoms with Gasteiger partial charge in [0, 0.05) is 12.6 Å². The highest BCUT2D eigenvalue weighted by Crippen LogP contribution is 2.45. The number of nitrogens with one attached hydrogen (secondary N) is 2. The summed E-state index contributed by atoms with van der Waals surface area (Å²) in [6, 6.07) is -0.383. The van der Waals surface area contributed by atoms with E-state index in [0.717, 1.165) is 0 Å². The van der Waals surface area contributed by atoms with E-state index in [1.165, 1.54) is 0 Å². The lowest BCUT2D eigenvalue weighted by Gasteiger charge is -2.46. The summed E-state index contributed by atoms with van der Waals surface area (Å²) >= 11 is 0. The van der Waals surface area contributed by atoms with Gasteiger partial charge in [-0.3, -0.25) is 4.74 Å². The molecular formula is C18H28F6N2O6. The first-order chi connectivity index (χ1) is 14.6. The summed E-state index contributed by atoms with van der Waals surface area (Å²) in [6.07, 6.45) is -9.16. The van der Waals surface area contributed by atoms with E-state index in [0.29, 0.717) is 19.3 Å². The van der Waals surface area contributed by atoms with Gasteiger partial charge in [-0.05, 0) is 30.1 Å². The highest BCUT2D eigenvalue weighted by Gasteiger charge is 2.43. The molecule has 0 aromatic rings. The van der Waals surface area contributed by atoms with Crippen molar-refractivity contribution in [3.05, 3.63) is 0 Å². The monoisotopic (exact) mass is 482 g/mol. The fourth-order valence-corrected chi connectivity index (χ4v) is 3.97. The summed E-state index contributed by atoms with van der Waals surface area (Å²) in [7, 11) is 0. The van der Waals surface area contributed by atoms with Crippen LogP contribution in [-0.2, 0) is 18.9 Å². The molecule has 0 aliphatic heterocycles.